The van der Waals surface area contributed by atoms with Gasteiger partial charge in [0.05, 0.1) is 12.5 Å². The zero-order chi connectivity index (χ0) is 15.2. The third-order valence-corrected chi connectivity index (χ3v) is 4.13. The monoisotopic (exact) mass is 289 g/mol. The molecule has 1 fully saturated rings. The maximum absolute atomic E-state index is 12.2. The number of ether oxygens (including phenoxy) is 1. The van der Waals surface area contributed by atoms with Gasteiger partial charge in [0, 0.05) is 19.6 Å². The minimum absolute atomic E-state index is 0.0151. The largest absolute Gasteiger partial charge is 0.466 e. The molecule has 3 heteroatoms. The Bertz CT molecular complexity index is 444. The summed E-state index contributed by atoms with van der Waals surface area (Å²) in [5, 5.41) is 0. The Balaban J connectivity index is 2.01. The molecule has 3 nitrogen and oxygen atoms in total. The maximum atomic E-state index is 12.2. The van der Waals surface area contributed by atoms with Gasteiger partial charge in [-0.05, 0) is 30.7 Å². The molecule has 1 aliphatic rings. The molecule has 2 rings (SSSR count). The van der Waals surface area contributed by atoms with Crippen molar-refractivity contribution in [3.8, 4) is 0 Å². The maximum Gasteiger partial charge on any atom is 0.310 e. The van der Waals surface area contributed by atoms with Gasteiger partial charge in [-0.2, -0.15) is 0 Å². The summed E-state index contributed by atoms with van der Waals surface area (Å²) in [7, 11) is 0. The third kappa shape index (κ3) is 4.57. The highest BCUT2D eigenvalue weighted by atomic mass is 16.5. The first-order chi connectivity index (χ1) is 10.1. The molecule has 1 saturated heterocycles. The number of hydrogen-bond acceptors (Lipinski definition) is 3. The molecule has 0 radical (unpaired) electrons. The van der Waals surface area contributed by atoms with Crippen LogP contribution in [0, 0.1) is 17.8 Å². The summed E-state index contributed by atoms with van der Waals surface area (Å²) in [6.07, 6.45) is 1.09. The van der Waals surface area contributed by atoms with Crippen molar-refractivity contribution in [3.63, 3.8) is 0 Å². The smallest absolute Gasteiger partial charge is 0.310 e. The van der Waals surface area contributed by atoms with Crippen LogP contribution in [0.1, 0.15) is 32.8 Å². The van der Waals surface area contributed by atoms with Crippen molar-refractivity contribution in [2.45, 2.75) is 33.7 Å². The quantitative estimate of drug-likeness (QED) is 0.752. The predicted molar refractivity (Wildman–Crippen MR) is 84.8 cm³/mol. The van der Waals surface area contributed by atoms with Gasteiger partial charge in [-0.15, -0.1) is 0 Å². The van der Waals surface area contributed by atoms with Gasteiger partial charge in [-0.3, -0.25) is 9.69 Å². The average Bonchev–Trinajstić information content (AvgIpc) is 2.82. The van der Waals surface area contributed by atoms with Crippen LogP contribution in [-0.2, 0) is 16.1 Å². The van der Waals surface area contributed by atoms with Gasteiger partial charge in [-0.25, -0.2) is 0 Å². The Kier molecular flexibility index (Phi) is 5.80. The summed E-state index contributed by atoms with van der Waals surface area (Å²) in [6, 6.07) is 10.5. The van der Waals surface area contributed by atoms with Gasteiger partial charge in [0.15, 0.2) is 0 Å². The zero-order valence-corrected chi connectivity index (χ0v) is 13.4. The molecule has 0 saturated carbocycles. The molecule has 1 aromatic rings. The fourth-order valence-electron chi connectivity index (χ4n) is 3.29. The molecule has 0 aliphatic carbocycles. The van der Waals surface area contributed by atoms with Gasteiger partial charge in [0.2, 0.25) is 0 Å². The van der Waals surface area contributed by atoms with Crippen LogP contribution >= 0.6 is 0 Å². The van der Waals surface area contributed by atoms with E-state index < -0.39 is 0 Å². The first-order valence-electron chi connectivity index (χ1n) is 8.03. The normalized spacial score (nSPS) is 22.7. The van der Waals surface area contributed by atoms with Gasteiger partial charge in [0.1, 0.15) is 0 Å². The molecule has 0 amide bonds. The SMILES string of the molecule is CCOC(=O)[C@@H]1CN(Cc2ccccc2)C[C@@H]1CC(C)C. The van der Waals surface area contributed by atoms with E-state index >= 15 is 0 Å². The van der Waals surface area contributed by atoms with Crippen LogP contribution in [0.15, 0.2) is 30.3 Å². The highest BCUT2D eigenvalue weighted by molar-refractivity contribution is 5.73. The number of benzene rings is 1. The lowest BCUT2D eigenvalue weighted by Gasteiger charge is -2.18. The van der Waals surface area contributed by atoms with Gasteiger partial charge in [-0.1, -0.05) is 44.2 Å². The lowest BCUT2D eigenvalue weighted by Crippen LogP contribution is -2.26. The summed E-state index contributed by atoms with van der Waals surface area (Å²) in [6.45, 7) is 9.55. The second-order valence-corrected chi connectivity index (χ2v) is 6.43. The second-order valence-electron chi connectivity index (χ2n) is 6.43. The van der Waals surface area contributed by atoms with Crippen molar-refractivity contribution in [3.05, 3.63) is 35.9 Å². The lowest BCUT2D eigenvalue weighted by atomic mass is 9.88. The molecule has 0 bridgehead atoms. The summed E-state index contributed by atoms with van der Waals surface area (Å²) < 4.78 is 5.27. The van der Waals surface area contributed by atoms with Gasteiger partial charge in [0.25, 0.3) is 0 Å². The fraction of sp³-hybridized carbons (Fsp3) is 0.611. The standard InChI is InChI=1S/C18H27NO2/c1-4-21-18(20)17-13-19(12-16(17)10-14(2)3)11-15-8-6-5-7-9-15/h5-9,14,16-17H,4,10-13H2,1-3H3/t16-,17+/m0/s1. The number of carbonyl (C=O) groups is 1. The summed E-state index contributed by atoms with van der Waals surface area (Å²) in [5.74, 6) is 1.06. The molecule has 1 heterocycles. The first-order valence-corrected chi connectivity index (χ1v) is 8.03. The molecule has 0 unspecified atom stereocenters. The van der Waals surface area contributed by atoms with E-state index in [-0.39, 0.29) is 11.9 Å². The number of hydrogen-bond donors (Lipinski definition) is 0. The average molecular weight is 289 g/mol. The van der Waals surface area contributed by atoms with E-state index in [9.17, 15) is 4.79 Å². The number of carbonyl (C=O) groups excluding carboxylic acids is 1. The summed E-state index contributed by atoms with van der Waals surface area (Å²) in [4.78, 5) is 14.6. The van der Waals surface area contributed by atoms with Crippen LogP contribution in [0.25, 0.3) is 0 Å². The molecule has 0 aromatic heterocycles. The lowest BCUT2D eigenvalue weighted by molar-refractivity contribution is -0.149. The van der Waals surface area contributed by atoms with E-state index in [1.54, 1.807) is 0 Å². The minimum Gasteiger partial charge on any atom is -0.466 e. The second kappa shape index (κ2) is 7.60. The molecular formula is C18H27NO2. The predicted octanol–water partition coefficient (Wildman–Crippen LogP) is 3.34. The number of nitrogens with zero attached hydrogens (tertiary/aromatic N) is 1. The molecule has 116 valence electrons. The third-order valence-electron chi connectivity index (χ3n) is 4.13. The van der Waals surface area contributed by atoms with Crippen molar-refractivity contribution >= 4 is 5.97 Å². The summed E-state index contributed by atoms with van der Waals surface area (Å²) in [5.41, 5.74) is 1.31. The van der Waals surface area contributed by atoms with Crippen LogP contribution in [0.4, 0.5) is 0 Å². The number of likely N-dealkylation sites (tertiary alicyclic amines) is 1. The Morgan fingerprint density at radius 3 is 2.62 bits per heavy atom. The number of esters is 1. The molecule has 1 aromatic carbocycles. The summed E-state index contributed by atoms with van der Waals surface area (Å²) >= 11 is 0. The Hall–Kier alpha value is -1.35. The van der Waals surface area contributed by atoms with E-state index in [2.05, 4.69) is 43.0 Å². The Morgan fingerprint density at radius 2 is 2.00 bits per heavy atom. The van der Waals surface area contributed by atoms with E-state index in [0.29, 0.717) is 18.4 Å². The van der Waals surface area contributed by atoms with Crippen LogP contribution in [0.3, 0.4) is 0 Å². The van der Waals surface area contributed by atoms with E-state index in [0.717, 1.165) is 26.1 Å². The van der Waals surface area contributed by atoms with Crippen LogP contribution < -0.4 is 0 Å². The van der Waals surface area contributed by atoms with E-state index in [4.69, 9.17) is 4.74 Å². The zero-order valence-electron chi connectivity index (χ0n) is 13.4. The van der Waals surface area contributed by atoms with Crippen LogP contribution in [0.5, 0.6) is 0 Å². The molecule has 0 N–H and O–H groups in total. The van der Waals surface area contributed by atoms with Crippen molar-refractivity contribution < 1.29 is 9.53 Å². The number of rotatable bonds is 6. The fourth-order valence-corrected chi connectivity index (χ4v) is 3.29. The molecular weight excluding hydrogens is 262 g/mol. The highest BCUT2D eigenvalue weighted by Crippen LogP contribution is 2.31. The molecule has 21 heavy (non-hydrogen) atoms. The van der Waals surface area contributed by atoms with Crippen LogP contribution in [-0.4, -0.2) is 30.6 Å². The molecule has 1 aliphatic heterocycles. The Morgan fingerprint density at radius 1 is 1.29 bits per heavy atom. The van der Waals surface area contributed by atoms with Crippen molar-refractivity contribution in [1.29, 1.82) is 0 Å². The van der Waals surface area contributed by atoms with Crippen molar-refractivity contribution in [2.24, 2.45) is 17.8 Å². The molecule has 0 spiro atoms. The van der Waals surface area contributed by atoms with Crippen LogP contribution in [0.2, 0.25) is 0 Å². The minimum atomic E-state index is -0.0151. The first kappa shape index (κ1) is 16.0. The Labute approximate surface area is 128 Å². The van der Waals surface area contributed by atoms with Crippen molar-refractivity contribution in [1.82, 2.24) is 4.90 Å². The van der Waals surface area contributed by atoms with E-state index in [1.807, 2.05) is 13.0 Å². The van der Waals surface area contributed by atoms with Gasteiger partial charge >= 0.3 is 5.97 Å². The topological polar surface area (TPSA) is 29.5 Å². The highest BCUT2D eigenvalue weighted by Gasteiger charge is 2.38. The van der Waals surface area contributed by atoms with Crippen molar-refractivity contribution in [2.75, 3.05) is 19.7 Å². The molecule has 2 atom stereocenters. The van der Waals surface area contributed by atoms with Gasteiger partial charge < -0.3 is 4.74 Å². The van der Waals surface area contributed by atoms with E-state index in [1.165, 1.54) is 5.56 Å².